The predicted octanol–water partition coefficient (Wildman–Crippen LogP) is 0.588. The van der Waals surface area contributed by atoms with Crippen LogP contribution in [0, 0.1) is 11.8 Å². The summed E-state index contributed by atoms with van der Waals surface area (Å²) in [6, 6.07) is 0. The summed E-state index contributed by atoms with van der Waals surface area (Å²) in [5, 5.41) is 8.87. The van der Waals surface area contributed by atoms with E-state index in [1.54, 1.807) is 0 Å². The van der Waals surface area contributed by atoms with Crippen molar-refractivity contribution in [2.24, 2.45) is 17.6 Å². The third kappa shape index (κ3) is 0.872. The van der Waals surface area contributed by atoms with Crippen LogP contribution in [0.25, 0.3) is 0 Å². The molecule has 0 spiro atoms. The van der Waals surface area contributed by atoms with Crippen molar-refractivity contribution in [1.82, 2.24) is 0 Å². The van der Waals surface area contributed by atoms with Crippen molar-refractivity contribution in [3.05, 3.63) is 0 Å². The van der Waals surface area contributed by atoms with Gasteiger partial charge in [0.25, 0.3) is 0 Å². The van der Waals surface area contributed by atoms with E-state index in [2.05, 4.69) is 0 Å². The third-order valence-corrected chi connectivity index (χ3v) is 3.15. The van der Waals surface area contributed by atoms with E-state index in [9.17, 15) is 4.79 Å². The van der Waals surface area contributed by atoms with Crippen molar-refractivity contribution in [3.63, 3.8) is 0 Å². The van der Waals surface area contributed by atoms with E-state index in [4.69, 9.17) is 10.8 Å². The lowest BCUT2D eigenvalue weighted by Crippen LogP contribution is -2.51. The van der Waals surface area contributed by atoms with Crippen LogP contribution in [0.15, 0.2) is 0 Å². The summed E-state index contributed by atoms with van der Waals surface area (Å²) >= 11 is 0. The van der Waals surface area contributed by atoms with Gasteiger partial charge in [0.1, 0.15) is 5.54 Å². The molecule has 3 atom stereocenters. The van der Waals surface area contributed by atoms with Crippen LogP contribution in [0.5, 0.6) is 0 Å². The van der Waals surface area contributed by atoms with Gasteiger partial charge in [0, 0.05) is 0 Å². The van der Waals surface area contributed by atoms with E-state index in [0.29, 0.717) is 12.3 Å². The van der Waals surface area contributed by atoms with Gasteiger partial charge in [-0.15, -0.1) is 0 Å². The molecule has 0 aromatic rings. The van der Waals surface area contributed by atoms with Crippen LogP contribution in [0.2, 0.25) is 0 Å². The smallest absolute Gasteiger partial charge is 0.323 e. The van der Waals surface area contributed by atoms with Gasteiger partial charge in [-0.2, -0.15) is 0 Å². The zero-order valence-corrected chi connectivity index (χ0v) is 6.42. The summed E-state index contributed by atoms with van der Waals surface area (Å²) in [6.45, 7) is 0. The van der Waals surface area contributed by atoms with Gasteiger partial charge in [-0.3, -0.25) is 4.79 Å². The number of hydrogen-bond donors (Lipinski definition) is 2. The highest BCUT2D eigenvalue weighted by Crippen LogP contribution is 2.53. The quantitative estimate of drug-likeness (QED) is 0.582. The van der Waals surface area contributed by atoms with Crippen LogP contribution in [0.3, 0.4) is 0 Å². The van der Waals surface area contributed by atoms with Crippen LogP contribution >= 0.6 is 0 Å². The summed E-state index contributed by atoms with van der Waals surface area (Å²) in [5.41, 5.74) is 4.92. The lowest BCUT2D eigenvalue weighted by atomic mass is 9.82. The van der Waals surface area contributed by atoms with Gasteiger partial charge in [0.05, 0.1) is 0 Å². The monoisotopic (exact) mass is 155 g/mol. The summed E-state index contributed by atoms with van der Waals surface area (Å²) in [4.78, 5) is 10.8. The minimum atomic E-state index is -0.872. The minimum absolute atomic E-state index is 0.286. The molecule has 0 aromatic heterocycles. The molecule has 2 rings (SSSR count). The molecule has 3 heteroatoms. The molecule has 3 N–H and O–H groups in total. The van der Waals surface area contributed by atoms with Crippen molar-refractivity contribution in [3.8, 4) is 0 Å². The first kappa shape index (κ1) is 7.10. The third-order valence-electron chi connectivity index (χ3n) is 3.15. The Morgan fingerprint density at radius 3 is 2.91 bits per heavy atom. The molecule has 2 aliphatic carbocycles. The molecule has 0 saturated heterocycles. The minimum Gasteiger partial charge on any atom is -0.480 e. The maximum atomic E-state index is 10.8. The average Bonchev–Trinajstić information content (AvgIpc) is 2.67. The van der Waals surface area contributed by atoms with Gasteiger partial charge in [-0.25, -0.2) is 0 Å². The molecule has 0 bridgehead atoms. The second-order valence-electron chi connectivity index (χ2n) is 3.84. The Balaban J connectivity index is 2.17. The highest BCUT2D eigenvalue weighted by atomic mass is 16.4. The van der Waals surface area contributed by atoms with Gasteiger partial charge in [-0.05, 0) is 24.7 Å². The highest BCUT2D eigenvalue weighted by Gasteiger charge is 2.56. The van der Waals surface area contributed by atoms with Crippen LogP contribution in [-0.4, -0.2) is 16.6 Å². The lowest BCUT2D eigenvalue weighted by molar-refractivity contribution is -0.145. The largest absolute Gasteiger partial charge is 0.480 e. The SMILES string of the molecule is N[C@]1(C(=O)O)CCC[C@H]2C[C@@H]21. The Labute approximate surface area is 65.6 Å². The Kier molecular flexibility index (Phi) is 1.27. The van der Waals surface area contributed by atoms with Crippen molar-refractivity contribution in [2.75, 3.05) is 0 Å². The normalized spacial score (nSPS) is 48.1. The number of fused-ring (bicyclic) bond motifs is 1. The lowest BCUT2D eigenvalue weighted by Gasteiger charge is -2.28. The summed E-state index contributed by atoms with van der Waals surface area (Å²) in [7, 11) is 0. The summed E-state index contributed by atoms with van der Waals surface area (Å²) in [6.07, 6.45) is 3.90. The first-order valence-corrected chi connectivity index (χ1v) is 4.17. The van der Waals surface area contributed by atoms with Gasteiger partial charge >= 0.3 is 5.97 Å². The molecule has 11 heavy (non-hydrogen) atoms. The zero-order valence-electron chi connectivity index (χ0n) is 6.42. The fourth-order valence-corrected chi connectivity index (χ4v) is 2.31. The first-order valence-electron chi connectivity index (χ1n) is 4.17. The number of carbonyl (C=O) groups is 1. The van der Waals surface area contributed by atoms with E-state index in [-0.39, 0.29) is 5.92 Å². The first-order chi connectivity index (χ1) is 5.14. The molecule has 0 aliphatic heterocycles. The van der Waals surface area contributed by atoms with E-state index in [1.807, 2.05) is 0 Å². The molecule has 2 saturated carbocycles. The zero-order chi connectivity index (χ0) is 8.06. The Morgan fingerprint density at radius 1 is 1.64 bits per heavy atom. The second kappa shape index (κ2) is 1.97. The molecule has 0 unspecified atom stereocenters. The molecule has 0 radical (unpaired) electrons. The van der Waals surface area contributed by atoms with Crippen LogP contribution < -0.4 is 5.73 Å². The number of carboxylic acid groups (broad SMARTS) is 1. The number of rotatable bonds is 1. The Morgan fingerprint density at radius 2 is 2.36 bits per heavy atom. The Bertz CT molecular complexity index is 204. The molecule has 2 aliphatic rings. The Hall–Kier alpha value is -0.570. The van der Waals surface area contributed by atoms with Gasteiger partial charge in [-0.1, -0.05) is 12.8 Å². The summed E-state index contributed by atoms with van der Waals surface area (Å²) in [5.74, 6) is 0.114. The molecule has 3 nitrogen and oxygen atoms in total. The molecular weight excluding hydrogens is 142 g/mol. The van der Waals surface area contributed by atoms with E-state index in [1.165, 1.54) is 6.42 Å². The van der Waals surface area contributed by atoms with Crippen molar-refractivity contribution < 1.29 is 9.90 Å². The average molecular weight is 155 g/mol. The van der Waals surface area contributed by atoms with Gasteiger partial charge in [0.2, 0.25) is 0 Å². The molecular formula is C8H13NO2. The maximum Gasteiger partial charge on any atom is 0.323 e. The molecule has 0 aromatic carbocycles. The van der Waals surface area contributed by atoms with Crippen molar-refractivity contribution in [2.45, 2.75) is 31.2 Å². The standard InChI is InChI=1S/C8H13NO2/c9-8(7(10)11)3-1-2-5-4-6(5)8/h5-6H,1-4,9H2,(H,10,11)/t5-,6-,8+/m0/s1. The fourth-order valence-electron chi connectivity index (χ4n) is 2.31. The van der Waals surface area contributed by atoms with E-state index in [0.717, 1.165) is 12.8 Å². The number of aliphatic carboxylic acids is 1. The van der Waals surface area contributed by atoms with Crippen molar-refractivity contribution >= 4 is 5.97 Å². The number of carboxylic acids is 1. The maximum absolute atomic E-state index is 10.8. The highest BCUT2D eigenvalue weighted by molar-refractivity contribution is 5.79. The molecule has 0 amide bonds. The predicted molar refractivity (Wildman–Crippen MR) is 40.0 cm³/mol. The molecule has 0 heterocycles. The van der Waals surface area contributed by atoms with E-state index >= 15 is 0 Å². The van der Waals surface area contributed by atoms with Gasteiger partial charge in [0.15, 0.2) is 0 Å². The molecule has 2 fully saturated rings. The molecule has 62 valence electrons. The number of nitrogens with two attached hydrogens (primary N) is 1. The summed E-state index contributed by atoms with van der Waals surface area (Å²) < 4.78 is 0. The van der Waals surface area contributed by atoms with Gasteiger partial charge < -0.3 is 10.8 Å². The van der Waals surface area contributed by atoms with Crippen LogP contribution in [-0.2, 0) is 4.79 Å². The van der Waals surface area contributed by atoms with Crippen LogP contribution in [0.1, 0.15) is 25.7 Å². The fraction of sp³-hybridized carbons (Fsp3) is 0.875. The van der Waals surface area contributed by atoms with Crippen molar-refractivity contribution in [1.29, 1.82) is 0 Å². The second-order valence-corrected chi connectivity index (χ2v) is 3.84. The van der Waals surface area contributed by atoms with Crippen LogP contribution in [0.4, 0.5) is 0 Å². The topological polar surface area (TPSA) is 63.3 Å². The number of hydrogen-bond acceptors (Lipinski definition) is 2. The van der Waals surface area contributed by atoms with E-state index < -0.39 is 11.5 Å².